The Bertz CT molecular complexity index is 459. The third-order valence-electron chi connectivity index (χ3n) is 4.69. The molecule has 2 rings (SSSR count). The lowest BCUT2D eigenvalue weighted by atomic mass is 9.98. The van der Waals surface area contributed by atoms with Crippen LogP contribution in [-0.2, 0) is 23.8 Å². The lowest BCUT2D eigenvalue weighted by Crippen LogP contribution is -2.42. The number of esters is 1. The highest BCUT2D eigenvalue weighted by Crippen LogP contribution is 2.27. The van der Waals surface area contributed by atoms with E-state index in [1.807, 2.05) is 0 Å². The number of carbonyl (C=O) groups is 2. The monoisotopic (exact) mass is 369 g/mol. The van der Waals surface area contributed by atoms with Crippen LogP contribution in [0, 0.1) is 11.8 Å². The molecule has 0 aromatic heterocycles. The summed E-state index contributed by atoms with van der Waals surface area (Å²) in [5.41, 5.74) is 0. The smallest absolute Gasteiger partial charge is 0.338 e. The molecule has 1 amide bonds. The van der Waals surface area contributed by atoms with Gasteiger partial charge in [-0.05, 0) is 43.9 Å². The predicted octanol–water partition coefficient (Wildman–Crippen LogP) is 2.83. The average molecular weight is 370 g/mol. The number of rotatable bonds is 10. The molecule has 1 aliphatic heterocycles. The molecule has 0 aromatic carbocycles. The van der Waals surface area contributed by atoms with Crippen molar-refractivity contribution in [2.24, 2.45) is 11.8 Å². The Morgan fingerprint density at radius 3 is 2.31 bits per heavy atom. The Kier molecular flexibility index (Phi) is 8.35. The maximum atomic E-state index is 12.4. The summed E-state index contributed by atoms with van der Waals surface area (Å²) in [6, 6.07) is -0.0690. The van der Waals surface area contributed by atoms with Gasteiger partial charge in [-0.2, -0.15) is 0 Å². The zero-order valence-electron chi connectivity index (χ0n) is 16.7. The third-order valence-corrected chi connectivity index (χ3v) is 4.69. The molecule has 1 saturated carbocycles. The van der Waals surface area contributed by atoms with Crippen molar-refractivity contribution >= 4 is 11.9 Å². The van der Waals surface area contributed by atoms with Gasteiger partial charge < -0.3 is 19.5 Å². The molecule has 0 spiro atoms. The summed E-state index contributed by atoms with van der Waals surface area (Å²) >= 11 is 0. The van der Waals surface area contributed by atoms with Crippen molar-refractivity contribution in [3.63, 3.8) is 0 Å². The largest absolute Gasteiger partial charge is 0.460 e. The Labute approximate surface area is 157 Å². The quantitative estimate of drug-likeness (QED) is 0.473. The molecule has 26 heavy (non-hydrogen) atoms. The van der Waals surface area contributed by atoms with Crippen molar-refractivity contribution in [1.29, 1.82) is 0 Å². The van der Waals surface area contributed by atoms with Crippen LogP contribution in [0.2, 0.25) is 0 Å². The van der Waals surface area contributed by atoms with Crippen LogP contribution in [0.15, 0.2) is 0 Å². The molecule has 1 N–H and O–H groups in total. The zero-order chi connectivity index (χ0) is 19.1. The van der Waals surface area contributed by atoms with E-state index in [9.17, 15) is 9.59 Å². The van der Waals surface area contributed by atoms with E-state index in [2.05, 4.69) is 33.0 Å². The van der Waals surface area contributed by atoms with E-state index in [1.54, 1.807) is 0 Å². The van der Waals surface area contributed by atoms with Crippen LogP contribution in [0.4, 0.5) is 0 Å². The molecule has 1 heterocycles. The fourth-order valence-electron chi connectivity index (χ4n) is 3.37. The van der Waals surface area contributed by atoms with Gasteiger partial charge in [0.2, 0.25) is 0 Å². The minimum atomic E-state index is -0.742. The molecule has 2 aliphatic rings. The van der Waals surface area contributed by atoms with Gasteiger partial charge in [-0.1, -0.05) is 34.1 Å². The van der Waals surface area contributed by atoms with Gasteiger partial charge in [0, 0.05) is 6.61 Å². The molecular weight excluding hydrogens is 334 g/mol. The fourth-order valence-corrected chi connectivity index (χ4v) is 3.37. The van der Waals surface area contributed by atoms with Gasteiger partial charge in [0.05, 0.1) is 12.6 Å². The van der Waals surface area contributed by atoms with Crippen molar-refractivity contribution in [2.45, 2.75) is 90.6 Å². The van der Waals surface area contributed by atoms with Crippen LogP contribution in [-0.4, -0.2) is 49.4 Å². The minimum absolute atomic E-state index is 0.0118. The summed E-state index contributed by atoms with van der Waals surface area (Å²) in [6.07, 6.45) is 4.59. The summed E-state index contributed by atoms with van der Waals surface area (Å²) in [6.45, 7) is 9.55. The van der Waals surface area contributed by atoms with Crippen molar-refractivity contribution in [3.8, 4) is 0 Å². The van der Waals surface area contributed by atoms with E-state index in [-0.39, 0.29) is 18.1 Å². The van der Waals surface area contributed by atoms with E-state index in [0.717, 1.165) is 32.1 Å². The second-order valence-corrected chi connectivity index (χ2v) is 8.44. The summed E-state index contributed by atoms with van der Waals surface area (Å²) in [7, 11) is 0. The number of hydrogen-bond acceptors (Lipinski definition) is 5. The maximum Gasteiger partial charge on any atom is 0.338 e. The number of amides is 1. The maximum absolute atomic E-state index is 12.4. The van der Waals surface area contributed by atoms with Crippen molar-refractivity contribution < 1.29 is 23.8 Å². The number of hydrogen-bond donors (Lipinski definition) is 1. The molecule has 0 aromatic rings. The van der Waals surface area contributed by atoms with Crippen LogP contribution in [0.25, 0.3) is 0 Å². The Morgan fingerprint density at radius 1 is 1.00 bits per heavy atom. The van der Waals surface area contributed by atoms with E-state index in [0.29, 0.717) is 25.0 Å². The van der Waals surface area contributed by atoms with Gasteiger partial charge in [-0.15, -0.1) is 0 Å². The standard InChI is InChI=1S/C20H35NO5/c1-13(2)10-15(12-24-11-14(3)4)21-19(22)17-18(26-17)20(23)25-16-8-6-5-7-9-16/h13-18H,5-12H2,1-4H3,(H,21,22)/t15-,17-,18-/m0/s1. The summed E-state index contributed by atoms with van der Waals surface area (Å²) in [5.74, 6) is 0.258. The van der Waals surface area contributed by atoms with Crippen molar-refractivity contribution in [1.82, 2.24) is 5.32 Å². The highest BCUT2D eigenvalue weighted by molar-refractivity contribution is 5.92. The highest BCUT2D eigenvalue weighted by atomic mass is 16.6. The first-order chi connectivity index (χ1) is 12.4. The second-order valence-electron chi connectivity index (χ2n) is 8.44. The van der Waals surface area contributed by atoms with E-state index in [4.69, 9.17) is 14.2 Å². The topological polar surface area (TPSA) is 77.2 Å². The van der Waals surface area contributed by atoms with Crippen molar-refractivity contribution in [2.75, 3.05) is 13.2 Å². The van der Waals surface area contributed by atoms with Gasteiger partial charge >= 0.3 is 5.97 Å². The molecule has 0 radical (unpaired) electrons. The first-order valence-electron chi connectivity index (χ1n) is 10.1. The van der Waals surface area contributed by atoms with Crippen LogP contribution in [0.5, 0.6) is 0 Å². The van der Waals surface area contributed by atoms with Gasteiger partial charge in [-0.3, -0.25) is 4.79 Å². The molecule has 0 bridgehead atoms. The first kappa shape index (κ1) is 21.2. The van der Waals surface area contributed by atoms with Crippen LogP contribution in [0.3, 0.4) is 0 Å². The Hall–Kier alpha value is -1.14. The van der Waals surface area contributed by atoms with Gasteiger partial charge in [0.15, 0.2) is 12.2 Å². The highest BCUT2D eigenvalue weighted by Gasteiger charge is 2.52. The Balaban J connectivity index is 1.75. The first-order valence-corrected chi connectivity index (χ1v) is 10.1. The van der Waals surface area contributed by atoms with Crippen LogP contribution >= 0.6 is 0 Å². The predicted molar refractivity (Wildman–Crippen MR) is 98.7 cm³/mol. The van der Waals surface area contributed by atoms with E-state index in [1.165, 1.54) is 6.42 Å². The van der Waals surface area contributed by atoms with Crippen molar-refractivity contribution in [3.05, 3.63) is 0 Å². The molecule has 6 heteroatoms. The van der Waals surface area contributed by atoms with Gasteiger partial charge in [0.25, 0.3) is 5.91 Å². The molecule has 6 nitrogen and oxygen atoms in total. The van der Waals surface area contributed by atoms with E-state index < -0.39 is 18.2 Å². The van der Waals surface area contributed by atoms with Crippen LogP contribution < -0.4 is 5.32 Å². The number of epoxide rings is 1. The van der Waals surface area contributed by atoms with E-state index >= 15 is 0 Å². The average Bonchev–Trinajstić information content (AvgIpc) is 3.35. The van der Waals surface area contributed by atoms with Gasteiger partial charge in [-0.25, -0.2) is 4.79 Å². The number of nitrogens with one attached hydrogen (secondary N) is 1. The normalized spacial score (nSPS) is 24.5. The molecule has 1 aliphatic carbocycles. The van der Waals surface area contributed by atoms with Crippen LogP contribution in [0.1, 0.15) is 66.2 Å². The number of ether oxygens (including phenoxy) is 3. The summed E-state index contributed by atoms with van der Waals surface area (Å²) < 4.78 is 16.5. The van der Waals surface area contributed by atoms with Gasteiger partial charge in [0.1, 0.15) is 6.10 Å². The second kappa shape index (κ2) is 10.3. The SMILES string of the molecule is CC(C)COC[C@H](CC(C)C)NC(=O)[C@H]1O[C@@H]1C(=O)OC1CCCCC1. The molecule has 150 valence electrons. The summed E-state index contributed by atoms with van der Waals surface area (Å²) in [4.78, 5) is 24.5. The lowest BCUT2D eigenvalue weighted by molar-refractivity contribution is -0.152. The molecular formula is C20H35NO5. The molecule has 1 saturated heterocycles. The number of carbonyl (C=O) groups excluding carboxylic acids is 2. The fraction of sp³-hybridized carbons (Fsp3) is 0.900. The third kappa shape index (κ3) is 7.23. The molecule has 2 fully saturated rings. The molecule has 3 atom stereocenters. The minimum Gasteiger partial charge on any atom is -0.460 e. The lowest BCUT2D eigenvalue weighted by Gasteiger charge is -2.21. The Morgan fingerprint density at radius 2 is 1.69 bits per heavy atom. The summed E-state index contributed by atoms with van der Waals surface area (Å²) in [5, 5.41) is 2.98. The molecule has 0 unspecified atom stereocenters. The zero-order valence-corrected chi connectivity index (χ0v) is 16.7.